The summed E-state index contributed by atoms with van der Waals surface area (Å²) in [6.07, 6.45) is 0.967. The largest absolute Gasteiger partial charge is 0.573 e. The molecule has 2 aromatic rings. The third-order valence-electron chi connectivity index (χ3n) is 5.55. The fourth-order valence-electron chi connectivity index (χ4n) is 3.79. The molecule has 0 aliphatic heterocycles. The van der Waals surface area contributed by atoms with Crippen LogP contribution >= 0.6 is 11.3 Å². The first-order valence-corrected chi connectivity index (χ1v) is 11.5. The van der Waals surface area contributed by atoms with Gasteiger partial charge in [0, 0.05) is 10.4 Å². The number of benzene rings is 1. The Morgan fingerprint density at radius 3 is 2.39 bits per heavy atom. The third-order valence-corrected chi connectivity index (χ3v) is 6.75. The highest BCUT2D eigenvalue weighted by molar-refractivity contribution is 7.16. The van der Waals surface area contributed by atoms with E-state index >= 15 is 0 Å². The highest BCUT2D eigenvalue weighted by atomic mass is 32.1. The molecule has 1 aromatic heterocycles. The summed E-state index contributed by atoms with van der Waals surface area (Å²) in [5.41, 5.74) is -0.267. The van der Waals surface area contributed by atoms with Crippen LogP contribution in [0.4, 0.5) is 18.2 Å². The van der Waals surface area contributed by atoms with Crippen LogP contribution in [-0.4, -0.2) is 36.4 Å². The molecule has 1 aliphatic carbocycles. The van der Waals surface area contributed by atoms with E-state index in [1.807, 2.05) is 6.92 Å². The van der Waals surface area contributed by atoms with E-state index in [2.05, 4.69) is 15.4 Å². The molecule has 1 fully saturated rings. The Labute approximate surface area is 193 Å². The van der Waals surface area contributed by atoms with Gasteiger partial charge in [-0.2, -0.15) is 0 Å². The van der Waals surface area contributed by atoms with E-state index in [1.54, 1.807) is 6.07 Å². The molecular weight excluding hydrogens is 457 g/mol. The fourth-order valence-corrected chi connectivity index (χ4v) is 4.80. The van der Waals surface area contributed by atoms with Crippen LogP contribution in [0.2, 0.25) is 0 Å². The van der Waals surface area contributed by atoms with Gasteiger partial charge in [0.2, 0.25) is 5.91 Å². The summed E-state index contributed by atoms with van der Waals surface area (Å²) in [5.74, 6) is -1.23. The standard InChI is InChI=1S/C23H25F3N2O4S/c1-2-17-12-18(20(31)15-6-8-16(9-7-15)32-23(24,25)26)21(33-17)28-19(30)13-27-22(14-29)10-4-3-5-11-22/h6-9,12,14,27H,2-5,10-11,13H2,1H3,(H,28,30). The molecule has 33 heavy (non-hydrogen) atoms. The normalized spacial score (nSPS) is 15.6. The lowest BCUT2D eigenvalue weighted by Crippen LogP contribution is -2.50. The Kier molecular flexibility index (Phi) is 7.91. The highest BCUT2D eigenvalue weighted by Crippen LogP contribution is 2.32. The van der Waals surface area contributed by atoms with Crippen LogP contribution in [-0.2, 0) is 16.0 Å². The molecule has 1 heterocycles. The van der Waals surface area contributed by atoms with Gasteiger partial charge in [0.05, 0.1) is 17.6 Å². The minimum Gasteiger partial charge on any atom is -0.406 e. The first-order chi connectivity index (χ1) is 15.6. The van der Waals surface area contributed by atoms with Crippen molar-refractivity contribution in [2.45, 2.75) is 57.3 Å². The zero-order valence-corrected chi connectivity index (χ0v) is 18.9. The van der Waals surface area contributed by atoms with Crippen LogP contribution in [0.5, 0.6) is 5.75 Å². The number of hydrogen-bond donors (Lipinski definition) is 2. The SMILES string of the molecule is CCc1cc(C(=O)c2ccc(OC(F)(F)F)cc2)c(NC(=O)CNC2(C=O)CCCCC2)s1. The Morgan fingerprint density at radius 1 is 1.15 bits per heavy atom. The summed E-state index contributed by atoms with van der Waals surface area (Å²) in [6.45, 7) is 1.84. The first kappa shape index (κ1) is 24.9. The second-order valence-electron chi connectivity index (χ2n) is 7.95. The Morgan fingerprint density at radius 2 is 1.82 bits per heavy atom. The molecule has 1 aromatic carbocycles. The monoisotopic (exact) mass is 482 g/mol. The number of anilines is 1. The minimum atomic E-state index is -4.82. The second kappa shape index (κ2) is 10.5. The van der Waals surface area contributed by atoms with Crippen LogP contribution in [0.15, 0.2) is 30.3 Å². The molecule has 6 nitrogen and oxygen atoms in total. The van der Waals surface area contributed by atoms with Crippen molar-refractivity contribution in [3.05, 3.63) is 46.3 Å². The number of thiophene rings is 1. The number of carbonyl (C=O) groups excluding carboxylic acids is 3. The summed E-state index contributed by atoms with van der Waals surface area (Å²) in [5, 5.41) is 6.17. The smallest absolute Gasteiger partial charge is 0.406 e. The molecule has 0 saturated heterocycles. The van der Waals surface area contributed by atoms with Gasteiger partial charge in [-0.1, -0.05) is 26.2 Å². The van der Waals surface area contributed by atoms with Crippen molar-refractivity contribution in [2.24, 2.45) is 0 Å². The molecule has 178 valence electrons. The Balaban J connectivity index is 1.71. The van der Waals surface area contributed by atoms with E-state index in [4.69, 9.17) is 0 Å². The van der Waals surface area contributed by atoms with Gasteiger partial charge in [0.1, 0.15) is 17.0 Å². The molecule has 1 aliphatic rings. The topological polar surface area (TPSA) is 84.5 Å². The summed E-state index contributed by atoms with van der Waals surface area (Å²) in [6, 6.07) is 6.30. The zero-order chi connectivity index (χ0) is 24.1. The molecule has 0 bridgehead atoms. The summed E-state index contributed by atoms with van der Waals surface area (Å²) in [7, 11) is 0. The number of rotatable bonds is 9. The van der Waals surface area contributed by atoms with Crippen LogP contribution < -0.4 is 15.4 Å². The molecular formula is C23H25F3N2O4S. The van der Waals surface area contributed by atoms with E-state index in [0.717, 1.165) is 42.6 Å². The number of halogens is 3. The lowest BCUT2D eigenvalue weighted by molar-refractivity contribution is -0.274. The number of amides is 1. The molecule has 1 saturated carbocycles. The zero-order valence-electron chi connectivity index (χ0n) is 18.1. The second-order valence-corrected chi connectivity index (χ2v) is 9.08. The molecule has 1 amide bonds. The number of nitrogens with one attached hydrogen (secondary N) is 2. The van der Waals surface area contributed by atoms with Crippen molar-refractivity contribution in [2.75, 3.05) is 11.9 Å². The van der Waals surface area contributed by atoms with Crippen molar-refractivity contribution >= 4 is 34.3 Å². The lowest BCUT2D eigenvalue weighted by Gasteiger charge is -2.32. The fraction of sp³-hybridized carbons (Fsp3) is 0.435. The summed E-state index contributed by atoms with van der Waals surface area (Å²) < 4.78 is 40.9. The molecule has 0 unspecified atom stereocenters. The van der Waals surface area contributed by atoms with Crippen LogP contribution in [0.25, 0.3) is 0 Å². The van der Waals surface area contributed by atoms with Crippen molar-refractivity contribution in [3.8, 4) is 5.75 Å². The maximum absolute atomic E-state index is 13.0. The van der Waals surface area contributed by atoms with E-state index in [-0.39, 0.29) is 23.6 Å². The number of alkyl halides is 3. The van der Waals surface area contributed by atoms with E-state index in [0.29, 0.717) is 24.3 Å². The van der Waals surface area contributed by atoms with Gasteiger partial charge < -0.3 is 14.8 Å². The predicted molar refractivity (Wildman–Crippen MR) is 119 cm³/mol. The number of aryl methyl sites for hydroxylation is 1. The van der Waals surface area contributed by atoms with Crippen LogP contribution in [0, 0.1) is 0 Å². The van der Waals surface area contributed by atoms with E-state index in [1.165, 1.54) is 23.5 Å². The third kappa shape index (κ3) is 6.64. The maximum Gasteiger partial charge on any atom is 0.573 e. The lowest BCUT2D eigenvalue weighted by atomic mass is 9.83. The van der Waals surface area contributed by atoms with Crippen molar-refractivity contribution in [1.82, 2.24) is 5.32 Å². The molecule has 0 spiro atoms. The quantitative estimate of drug-likeness (QED) is 0.394. The van der Waals surface area contributed by atoms with E-state index in [9.17, 15) is 27.6 Å². The molecule has 10 heteroatoms. The van der Waals surface area contributed by atoms with Crippen LogP contribution in [0.1, 0.15) is 59.8 Å². The number of ether oxygens (including phenoxy) is 1. The predicted octanol–water partition coefficient (Wildman–Crippen LogP) is 4.87. The number of hydrogen-bond acceptors (Lipinski definition) is 6. The average Bonchev–Trinajstić information content (AvgIpc) is 3.20. The first-order valence-electron chi connectivity index (χ1n) is 10.7. The molecule has 0 radical (unpaired) electrons. The van der Waals surface area contributed by atoms with Gasteiger partial charge in [-0.05, 0) is 49.6 Å². The van der Waals surface area contributed by atoms with Gasteiger partial charge in [0.25, 0.3) is 0 Å². The maximum atomic E-state index is 13.0. The van der Waals surface area contributed by atoms with Crippen molar-refractivity contribution in [3.63, 3.8) is 0 Å². The number of ketones is 1. The van der Waals surface area contributed by atoms with Gasteiger partial charge in [-0.15, -0.1) is 24.5 Å². The van der Waals surface area contributed by atoms with Gasteiger partial charge >= 0.3 is 6.36 Å². The van der Waals surface area contributed by atoms with Crippen LogP contribution in [0.3, 0.4) is 0 Å². The summed E-state index contributed by atoms with van der Waals surface area (Å²) >= 11 is 1.26. The van der Waals surface area contributed by atoms with E-state index < -0.39 is 23.4 Å². The Bertz CT molecular complexity index is 996. The van der Waals surface area contributed by atoms with Crippen molar-refractivity contribution < 1.29 is 32.3 Å². The average molecular weight is 483 g/mol. The number of aldehydes is 1. The minimum absolute atomic E-state index is 0.0742. The van der Waals surface area contributed by atoms with Gasteiger partial charge in [-0.3, -0.25) is 14.9 Å². The van der Waals surface area contributed by atoms with Gasteiger partial charge in [0.15, 0.2) is 5.78 Å². The van der Waals surface area contributed by atoms with Gasteiger partial charge in [-0.25, -0.2) is 0 Å². The Hall–Kier alpha value is -2.72. The molecule has 2 N–H and O–H groups in total. The molecule has 0 atom stereocenters. The highest BCUT2D eigenvalue weighted by Gasteiger charge is 2.32. The molecule has 3 rings (SSSR count). The van der Waals surface area contributed by atoms with Crippen molar-refractivity contribution in [1.29, 1.82) is 0 Å². The summed E-state index contributed by atoms with van der Waals surface area (Å²) in [4.78, 5) is 38.0. The number of carbonyl (C=O) groups is 3.